The van der Waals surface area contributed by atoms with Gasteiger partial charge in [0.05, 0.1) is 0 Å². The zero-order valence-electron chi connectivity index (χ0n) is 9.85. The molecule has 0 bridgehead atoms. The van der Waals surface area contributed by atoms with Crippen LogP contribution in [0.1, 0.15) is 11.1 Å². The van der Waals surface area contributed by atoms with E-state index in [9.17, 15) is 9.59 Å². The summed E-state index contributed by atoms with van der Waals surface area (Å²) in [4.78, 5) is 28.0. The van der Waals surface area contributed by atoms with Crippen LogP contribution in [0, 0.1) is 0 Å². The molecule has 2 aromatic rings. The van der Waals surface area contributed by atoms with Crippen molar-refractivity contribution in [3.63, 3.8) is 0 Å². The largest absolute Gasteiger partial charge is 0.329 e. The summed E-state index contributed by atoms with van der Waals surface area (Å²) < 4.78 is 0. The lowest BCUT2D eigenvalue weighted by atomic mass is 10.1. The molecule has 2 aromatic heterocycles. The molecule has 0 aliphatic carbocycles. The van der Waals surface area contributed by atoms with Gasteiger partial charge in [-0.25, -0.2) is 0 Å². The molecule has 0 unspecified atom stereocenters. The van der Waals surface area contributed by atoms with E-state index >= 15 is 0 Å². The van der Waals surface area contributed by atoms with E-state index in [-0.39, 0.29) is 11.1 Å². The zero-order valence-corrected chi connectivity index (χ0v) is 9.85. The Labute approximate surface area is 104 Å². The summed E-state index contributed by atoms with van der Waals surface area (Å²) in [6.07, 6.45) is 8.16. The van der Waals surface area contributed by atoms with Crippen LogP contribution in [-0.2, 0) is 12.8 Å². The van der Waals surface area contributed by atoms with Gasteiger partial charge in [0.25, 0.3) is 11.1 Å². The topological polar surface area (TPSA) is 65.7 Å². The molecule has 18 heavy (non-hydrogen) atoms. The first-order valence-corrected chi connectivity index (χ1v) is 5.75. The Morgan fingerprint density at radius 1 is 0.833 bits per heavy atom. The molecule has 4 heteroatoms. The Morgan fingerprint density at radius 3 is 1.67 bits per heavy atom. The van der Waals surface area contributed by atoms with Crippen LogP contribution in [0.3, 0.4) is 0 Å². The fourth-order valence-corrected chi connectivity index (χ4v) is 1.65. The van der Waals surface area contributed by atoms with Gasteiger partial charge in [-0.2, -0.15) is 0 Å². The fraction of sp³-hybridized carbons (Fsp3) is 0.143. The van der Waals surface area contributed by atoms with Gasteiger partial charge in [0.15, 0.2) is 0 Å². The molecule has 2 rings (SSSR count). The quantitative estimate of drug-likeness (QED) is 0.796. The van der Waals surface area contributed by atoms with Crippen molar-refractivity contribution >= 4 is 0 Å². The van der Waals surface area contributed by atoms with E-state index in [0.717, 1.165) is 11.1 Å². The summed E-state index contributed by atoms with van der Waals surface area (Å²) in [5.74, 6) is 0. The van der Waals surface area contributed by atoms with E-state index in [2.05, 4.69) is 9.97 Å². The van der Waals surface area contributed by atoms with Crippen molar-refractivity contribution in [2.24, 2.45) is 0 Å². The molecule has 4 nitrogen and oxygen atoms in total. The lowest BCUT2D eigenvalue weighted by molar-refractivity contribution is 1.09. The average Bonchev–Trinajstić information content (AvgIpc) is 2.38. The molecule has 2 heterocycles. The molecular weight excluding hydrogens is 228 g/mol. The Morgan fingerprint density at radius 2 is 1.28 bits per heavy atom. The van der Waals surface area contributed by atoms with Gasteiger partial charge in [-0.3, -0.25) is 9.59 Å². The number of H-pyrrole nitrogens is 2. The fourth-order valence-electron chi connectivity index (χ4n) is 1.65. The molecule has 0 amide bonds. The second kappa shape index (κ2) is 5.82. The normalized spacial score (nSPS) is 10.9. The molecule has 0 atom stereocenters. The SMILES string of the molecule is O=c1[nH]cccc1CC=CCc1ccc[nH]c1=O. The Balaban J connectivity index is 1.98. The minimum absolute atomic E-state index is 0.0697. The second-order valence-electron chi connectivity index (χ2n) is 3.93. The Bertz CT molecular complexity index is 595. The Kier molecular flexibility index (Phi) is 3.91. The summed E-state index contributed by atoms with van der Waals surface area (Å²) in [5.41, 5.74) is 1.30. The zero-order chi connectivity index (χ0) is 12.8. The molecule has 0 fully saturated rings. The van der Waals surface area contributed by atoms with Gasteiger partial charge in [0.2, 0.25) is 0 Å². The summed E-state index contributed by atoms with van der Waals surface area (Å²) in [6, 6.07) is 7.18. The van der Waals surface area contributed by atoms with Crippen LogP contribution < -0.4 is 11.1 Å². The van der Waals surface area contributed by atoms with Gasteiger partial charge in [0, 0.05) is 23.5 Å². The third-order valence-electron chi connectivity index (χ3n) is 2.64. The maximum atomic E-state index is 11.4. The number of aromatic amines is 2. The van der Waals surface area contributed by atoms with Crippen molar-refractivity contribution in [3.05, 3.63) is 80.6 Å². The third kappa shape index (κ3) is 3.07. The van der Waals surface area contributed by atoms with Crippen LogP contribution in [-0.4, -0.2) is 9.97 Å². The summed E-state index contributed by atoms with van der Waals surface area (Å²) in [6.45, 7) is 0. The highest BCUT2D eigenvalue weighted by atomic mass is 16.1. The monoisotopic (exact) mass is 242 g/mol. The molecule has 0 aromatic carbocycles. The minimum atomic E-state index is -0.0697. The molecule has 0 aliphatic rings. The van der Waals surface area contributed by atoms with Crippen molar-refractivity contribution in [1.29, 1.82) is 0 Å². The highest BCUT2D eigenvalue weighted by Crippen LogP contribution is 1.96. The number of pyridine rings is 2. The number of hydrogen-bond acceptors (Lipinski definition) is 2. The van der Waals surface area contributed by atoms with Crippen molar-refractivity contribution in [3.8, 4) is 0 Å². The van der Waals surface area contributed by atoms with Gasteiger partial charge in [-0.15, -0.1) is 0 Å². The smallest absolute Gasteiger partial charge is 0.251 e. The van der Waals surface area contributed by atoms with Crippen molar-refractivity contribution < 1.29 is 0 Å². The maximum Gasteiger partial charge on any atom is 0.251 e. The van der Waals surface area contributed by atoms with Crippen molar-refractivity contribution in [2.45, 2.75) is 12.8 Å². The van der Waals surface area contributed by atoms with E-state index in [1.54, 1.807) is 36.7 Å². The van der Waals surface area contributed by atoms with Gasteiger partial charge in [0.1, 0.15) is 0 Å². The van der Waals surface area contributed by atoms with E-state index < -0.39 is 0 Å². The first-order chi connectivity index (χ1) is 8.77. The molecule has 0 spiro atoms. The van der Waals surface area contributed by atoms with Crippen LogP contribution in [0.25, 0.3) is 0 Å². The summed E-state index contributed by atoms with van der Waals surface area (Å²) >= 11 is 0. The van der Waals surface area contributed by atoms with Crippen molar-refractivity contribution in [2.75, 3.05) is 0 Å². The third-order valence-corrected chi connectivity index (χ3v) is 2.64. The van der Waals surface area contributed by atoms with E-state index in [0.29, 0.717) is 12.8 Å². The highest BCUT2D eigenvalue weighted by Gasteiger charge is 1.96. The molecular formula is C14H14N2O2. The van der Waals surface area contributed by atoms with Crippen LogP contribution in [0.5, 0.6) is 0 Å². The number of aromatic nitrogens is 2. The van der Waals surface area contributed by atoms with Crippen LogP contribution >= 0.6 is 0 Å². The number of rotatable bonds is 4. The van der Waals surface area contributed by atoms with Crippen LogP contribution in [0.4, 0.5) is 0 Å². The Hall–Kier alpha value is -2.36. The standard InChI is InChI=1S/C14H14N2O2/c17-13-11(7-3-9-15-13)5-1-2-6-12-8-4-10-16-14(12)18/h1-4,7-10H,5-6H2,(H,15,17)(H,16,18). The number of hydrogen-bond donors (Lipinski definition) is 2. The van der Waals surface area contributed by atoms with Crippen molar-refractivity contribution in [1.82, 2.24) is 9.97 Å². The first kappa shape index (κ1) is 12.1. The minimum Gasteiger partial charge on any atom is -0.329 e. The van der Waals surface area contributed by atoms with Crippen LogP contribution in [0.2, 0.25) is 0 Å². The van der Waals surface area contributed by atoms with Gasteiger partial charge >= 0.3 is 0 Å². The lowest BCUT2D eigenvalue weighted by Crippen LogP contribution is -2.10. The molecule has 0 saturated heterocycles. The lowest BCUT2D eigenvalue weighted by Gasteiger charge is -1.95. The summed E-state index contributed by atoms with van der Waals surface area (Å²) in [7, 11) is 0. The maximum absolute atomic E-state index is 11.4. The highest BCUT2D eigenvalue weighted by molar-refractivity contribution is 5.16. The average molecular weight is 242 g/mol. The van der Waals surface area contributed by atoms with E-state index in [4.69, 9.17) is 0 Å². The van der Waals surface area contributed by atoms with Gasteiger partial charge in [-0.1, -0.05) is 24.3 Å². The molecule has 0 saturated carbocycles. The van der Waals surface area contributed by atoms with Gasteiger partial charge in [-0.05, 0) is 25.0 Å². The number of nitrogens with one attached hydrogen (secondary N) is 2. The second-order valence-corrected chi connectivity index (χ2v) is 3.93. The predicted molar refractivity (Wildman–Crippen MR) is 70.7 cm³/mol. The molecule has 92 valence electrons. The summed E-state index contributed by atoms with van der Waals surface area (Å²) in [5, 5.41) is 0. The number of allylic oxidation sites excluding steroid dienone is 2. The molecule has 0 aliphatic heterocycles. The predicted octanol–water partition coefficient (Wildman–Crippen LogP) is 1.40. The van der Waals surface area contributed by atoms with Crippen LogP contribution in [0.15, 0.2) is 58.4 Å². The van der Waals surface area contributed by atoms with Gasteiger partial charge < -0.3 is 9.97 Å². The first-order valence-electron chi connectivity index (χ1n) is 5.75. The van der Waals surface area contributed by atoms with E-state index in [1.165, 1.54) is 0 Å². The van der Waals surface area contributed by atoms with E-state index in [1.807, 2.05) is 12.2 Å². The molecule has 2 N–H and O–H groups in total. The molecule has 0 radical (unpaired) electrons.